The third-order valence-electron chi connectivity index (χ3n) is 12.7. The first-order valence-electron chi connectivity index (χ1n) is 23.6. The van der Waals surface area contributed by atoms with Crippen LogP contribution in [0.25, 0.3) is 0 Å². The molecule has 1 unspecified atom stereocenters. The highest BCUT2D eigenvalue weighted by Gasteiger charge is 2.55. The average molecular weight is 988 g/mol. The summed E-state index contributed by atoms with van der Waals surface area (Å²) < 4.78 is 62.9. The van der Waals surface area contributed by atoms with Crippen molar-refractivity contribution in [1.82, 2.24) is 14.2 Å². The van der Waals surface area contributed by atoms with Gasteiger partial charge in [-0.25, -0.2) is 9.46 Å². The summed E-state index contributed by atoms with van der Waals surface area (Å²) in [4.78, 5) is 31.5. The number of benzene rings is 3. The molecule has 1 amide bonds. The van der Waals surface area contributed by atoms with E-state index in [1.807, 2.05) is 78.9 Å². The Balaban J connectivity index is 1.59. The van der Waals surface area contributed by atoms with Gasteiger partial charge in [-0.05, 0) is 93.2 Å². The van der Waals surface area contributed by atoms with Gasteiger partial charge in [-0.2, -0.15) is 10.2 Å². The van der Waals surface area contributed by atoms with Crippen LogP contribution in [0.4, 0.5) is 5.82 Å². The van der Waals surface area contributed by atoms with Crippen molar-refractivity contribution in [3.8, 4) is 17.6 Å². The lowest BCUT2D eigenvalue weighted by molar-refractivity contribution is -0.183. The van der Waals surface area contributed by atoms with Gasteiger partial charge in [0.25, 0.3) is 8.53 Å². The summed E-state index contributed by atoms with van der Waals surface area (Å²) in [5, 5.41) is 12.1. The van der Waals surface area contributed by atoms with E-state index in [0.717, 1.165) is 16.7 Å². The maximum absolute atomic E-state index is 14.6. The Labute approximate surface area is 409 Å². The lowest BCUT2D eigenvalue weighted by Crippen LogP contribution is -2.50. The molecule has 69 heavy (non-hydrogen) atoms. The number of anilines is 1. The van der Waals surface area contributed by atoms with Crippen molar-refractivity contribution in [2.75, 3.05) is 46.0 Å². The molecular weight excluding hydrogens is 918 g/mol. The van der Waals surface area contributed by atoms with E-state index in [1.54, 1.807) is 20.4 Å². The van der Waals surface area contributed by atoms with E-state index in [9.17, 15) is 14.9 Å². The molecule has 2 fully saturated rings. The smallest absolute Gasteiger partial charge is 0.351 e. The van der Waals surface area contributed by atoms with Gasteiger partial charge in [-0.15, -0.1) is 0 Å². The van der Waals surface area contributed by atoms with Crippen molar-refractivity contribution in [2.45, 2.75) is 135 Å². The lowest BCUT2D eigenvalue weighted by Gasteiger charge is -2.42. The maximum atomic E-state index is 14.6. The minimum absolute atomic E-state index is 0.0220. The van der Waals surface area contributed by atoms with Gasteiger partial charge in [0.2, 0.25) is 5.91 Å². The van der Waals surface area contributed by atoms with Gasteiger partial charge in [0.05, 0.1) is 58.7 Å². The molecule has 5 atom stereocenters. The molecule has 2 aliphatic rings. The molecule has 2 saturated heterocycles. The predicted molar refractivity (Wildman–Crippen MR) is 266 cm³/mol. The number of carbonyl (C=O) groups is 1. The zero-order chi connectivity index (χ0) is 50.1. The zero-order valence-corrected chi connectivity index (χ0v) is 44.0. The number of nitrogens with zero attached hydrogens (tertiary/aromatic N) is 4. The third-order valence-corrected chi connectivity index (χ3v) is 19.3. The number of nitriles is 1. The van der Waals surface area contributed by atoms with Crippen molar-refractivity contribution in [3.05, 3.63) is 118 Å². The van der Waals surface area contributed by atoms with Crippen LogP contribution in [0.5, 0.6) is 11.5 Å². The number of carbonyl (C=O) groups excluding carboxylic acids is 1. The Morgan fingerprint density at radius 2 is 1.48 bits per heavy atom. The van der Waals surface area contributed by atoms with Gasteiger partial charge in [0.15, 0.2) is 20.8 Å². The van der Waals surface area contributed by atoms with E-state index in [1.165, 1.54) is 11.5 Å². The van der Waals surface area contributed by atoms with Gasteiger partial charge >= 0.3 is 5.69 Å². The Hall–Kier alpha value is -4.57. The molecule has 0 bridgehead atoms. The van der Waals surface area contributed by atoms with Crippen LogP contribution in [-0.2, 0) is 42.8 Å². The van der Waals surface area contributed by atoms with Gasteiger partial charge in [0.1, 0.15) is 41.2 Å². The zero-order valence-electron chi connectivity index (χ0n) is 42.1. The second kappa shape index (κ2) is 23.6. The number of hydrogen-bond acceptors (Lipinski definition) is 14. The fourth-order valence-electron chi connectivity index (χ4n) is 8.29. The van der Waals surface area contributed by atoms with Crippen molar-refractivity contribution in [3.63, 3.8) is 0 Å². The van der Waals surface area contributed by atoms with Crippen molar-refractivity contribution >= 4 is 28.6 Å². The highest BCUT2D eigenvalue weighted by molar-refractivity contribution is 7.44. The summed E-state index contributed by atoms with van der Waals surface area (Å²) >= 11 is 0. The molecule has 3 aromatic carbocycles. The molecule has 1 aromatic heterocycles. The molecule has 1 N–H and O–H groups in total. The summed E-state index contributed by atoms with van der Waals surface area (Å²) in [5.41, 5.74) is 0.825. The number of hydrogen-bond donors (Lipinski definition) is 1. The van der Waals surface area contributed by atoms with Crippen LogP contribution in [0.3, 0.4) is 0 Å². The minimum atomic E-state index is -2.76. The number of nitrogens with one attached hydrogen (secondary N) is 1. The normalized spacial score (nSPS) is 19.7. The van der Waals surface area contributed by atoms with Gasteiger partial charge in [-0.1, -0.05) is 75.4 Å². The second-order valence-corrected chi connectivity index (χ2v) is 25.3. The molecule has 0 aliphatic carbocycles. The van der Waals surface area contributed by atoms with E-state index in [0.29, 0.717) is 36.7 Å². The van der Waals surface area contributed by atoms with Crippen LogP contribution >= 0.6 is 8.53 Å². The monoisotopic (exact) mass is 987 g/mol. The second-order valence-electron chi connectivity index (χ2n) is 19.2. The first-order chi connectivity index (χ1) is 32.8. The fourth-order valence-corrected chi connectivity index (χ4v) is 11.3. The van der Waals surface area contributed by atoms with Crippen LogP contribution in [0, 0.1) is 11.3 Å². The highest BCUT2D eigenvalue weighted by Crippen LogP contribution is 2.53. The first-order valence-corrected chi connectivity index (χ1v) is 27.6. The SMILES string of the molecule is COc1ccc(C(OC[C@H]2O[C@@H](n3cc(C4OCCCO4)c(NC(C)=O)nc3=O)[C@H](O[Si](C)(C)C(C)(C)C)[C@@H]2OP(OCCC#N)N(C(C)C)C(C)C)(c2ccccc2)c2ccc(OC)cc2)cc1. The number of methoxy groups -OCH3 is 2. The summed E-state index contributed by atoms with van der Waals surface area (Å²) in [6, 6.07) is 27.6. The minimum Gasteiger partial charge on any atom is -0.497 e. The van der Waals surface area contributed by atoms with Crippen LogP contribution in [-0.4, -0.2) is 99.5 Å². The molecule has 16 nitrogen and oxygen atoms in total. The molecule has 0 spiro atoms. The molecular formula is C51H70N5O11PSi. The largest absolute Gasteiger partial charge is 0.497 e. The number of rotatable bonds is 21. The Bertz CT molecular complexity index is 2330. The topological polar surface area (TPSA) is 174 Å². The molecule has 374 valence electrons. The Kier molecular flexibility index (Phi) is 18.4. The first kappa shape index (κ1) is 53.8. The Morgan fingerprint density at radius 1 is 0.913 bits per heavy atom. The lowest BCUT2D eigenvalue weighted by atomic mass is 9.80. The summed E-state index contributed by atoms with van der Waals surface area (Å²) in [7, 11) is -1.40. The molecule has 0 saturated carbocycles. The summed E-state index contributed by atoms with van der Waals surface area (Å²) in [6.07, 6.45) is -2.51. The van der Waals surface area contributed by atoms with Crippen molar-refractivity contribution in [2.24, 2.45) is 0 Å². The molecule has 3 heterocycles. The van der Waals surface area contributed by atoms with Gasteiger partial charge in [0, 0.05) is 25.2 Å². The van der Waals surface area contributed by atoms with E-state index in [-0.39, 0.29) is 42.6 Å². The quantitative estimate of drug-likeness (QED) is 0.0362. The highest BCUT2D eigenvalue weighted by atomic mass is 31.2. The number of aromatic nitrogens is 2. The molecule has 6 rings (SSSR count). The number of ether oxygens (including phenoxy) is 6. The summed E-state index contributed by atoms with van der Waals surface area (Å²) in [6.45, 7) is 21.1. The predicted octanol–water partition coefficient (Wildman–Crippen LogP) is 9.61. The molecule has 2 aliphatic heterocycles. The third kappa shape index (κ3) is 12.5. The van der Waals surface area contributed by atoms with Crippen LogP contribution in [0.2, 0.25) is 18.1 Å². The van der Waals surface area contributed by atoms with Gasteiger partial charge < -0.3 is 47.2 Å². The van der Waals surface area contributed by atoms with Gasteiger partial charge in [-0.3, -0.25) is 9.36 Å². The van der Waals surface area contributed by atoms with Crippen LogP contribution in [0.1, 0.15) is 103 Å². The van der Waals surface area contributed by atoms with E-state index in [4.69, 9.17) is 41.9 Å². The van der Waals surface area contributed by atoms with E-state index in [2.05, 4.69) is 82.6 Å². The molecule has 18 heteroatoms. The van der Waals surface area contributed by atoms with Crippen LogP contribution in [0.15, 0.2) is 89.9 Å². The molecule has 4 aromatic rings. The Morgan fingerprint density at radius 3 is 1.99 bits per heavy atom. The summed E-state index contributed by atoms with van der Waals surface area (Å²) in [5.74, 6) is 0.953. The fraction of sp³-hybridized carbons (Fsp3) is 0.529. The van der Waals surface area contributed by atoms with E-state index < -0.39 is 64.9 Å². The molecule has 0 radical (unpaired) electrons. The van der Waals surface area contributed by atoms with Crippen molar-refractivity contribution in [1.29, 1.82) is 5.26 Å². The maximum Gasteiger partial charge on any atom is 0.351 e. The van der Waals surface area contributed by atoms with Crippen molar-refractivity contribution < 1.29 is 46.7 Å². The van der Waals surface area contributed by atoms with Crippen LogP contribution < -0.4 is 20.5 Å². The number of amides is 1. The standard InChI is InChI=1S/C51H70N5O11PSi/c1-34(2)56(35(3)4)68(64-31-16-28-52)66-44-43(33-63-51(37-18-14-13-15-19-37,38-20-24-40(59-9)25-21-38)39-22-26-41(60-10)27-23-39)65-47(45(44)67-69(11,12)50(6,7)8)55-32-42(48-61-29-17-30-62-48)46(53-36(5)57)54-49(55)58/h13-15,18-27,32,34-35,43-45,47-48H,16-17,29-31,33H2,1-12H3,(H,53,54,57,58)/t43-,44-,45-,47-,68?/m1/s1. The average Bonchev–Trinajstić information content (AvgIpc) is 3.64. The van der Waals surface area contributed by atoms with E-state index >= 15 is 0 Å².